The summed E-state index contributed by atoms with van der Waals surface area (Å²) in [6.07, 6.45) is 0.648. The molecule has 0 saturated heterocycles. The van der Waals surface area contributed by atoms with Crippen LogP contribution in [0.1, 0.15) is 38.8 Å². The molecule has 3 rings (SSSR count). The molecule has 0 radical (unpaired) electrons. The minimum Gasteiger partial charge on any atom is -0.337 e. The fraction of sp³-hybridized carbons (Fsp3) is 0.278. The lowest BCUT2D eigenvalue weighted by atomic mass is 10.0. The van der Waals surface area contributed by atoms with Gasteiger partial charge in [0, 0.05) is 23.9 Å². The van der Waals surface area contributed by atoms with E-state index in [2.05, 4.69) is 11.4 Å². The highest BCUT2D eigenvalue weighted by Gasteiger charge is 2.26. The third-order valence-corrected chi connectivity index (χ3v) is 5.29. The van der Waals surface area contributed by atoms with Gasteiger partial charge >= 0.3 is 0 Å². The summed E-state index contributed by atoms with van der Waals surface area (Å²) in [4.78, 5) is 26.7. The van der Waals surface area contributed by atoms with Gasteiger partial charge in [-0.15, -0.1) is 11.3 Å². The van der Waals surface area contributed by atoms with E-state index in [-0.39, 0.29) is 11.8 Å². The molecule has 0 aliphatic carbocycles. The third kappa shape index (κ3) is 3.03. The number of fused-ring (bicyclic) bond motifs is 1. The van der Waals surface area contributed by atoms with Crippen molar-refractivity contribution in [2.45, 2.75) is 26.8 Å². The number of nitrogens with zero attached hydrogens (tertiary/aromatic N) is 2. The standard InChI is InChI=1S/C18H17N3O2S/c1-11-3-5-13(6-4-11)17(23)20-18-15(9-19)14-7-8-21(12(2)22)10-16(14)24-18/h3-6H,7-8,10H2,1-2H3,(H,20,23). The number of nitriles is 1. The Morgan fingerprint density at radius 1 is 1.29 bits per heavy atom. The van der Waals surface area contributed by atoms with Gasteiger partial charge in [-0.2, -0.15) is 5.26 Å². The van der Waals surface area contributed by atoms with E-state index < -0.39 is 0 Å². The first kappa shape index (κ1) is 16.2. The summed E-state index contributed by atoms with van der Waals surface area (Å²) in [6, 6.07) is 9.50. The van der Waals surface area contributed by atoms with E-state index in [4.69, 9.17) is 0 Å². The van der Waals surface area contributed by atoms with E-state index in [1.54, 1.807) is 24.0 Å². The molecule has 0 unspecified atom stereocenters. The van der Waals surface area contributed by atoms with E-state index in [0.29, 0.717) is 35.6 Å². The van der Waals surface area contributed by atoms with Crippen molar-refractivity contribution in [2.75, 3.05) is 11.9 Å². The van der Waals surface area contributed by atoms with Gasteiger partial charge in [0.15, 0.2) is 0 Å². The summed E-state index contributed by atoms with van der Waals surface area (Å²) in [5.74, 6) is -0.202. The number of carbonyl (C=O) groups is 2. The Kier molecular flexibility index (Phi) is 4.36. The molecule has 0 saturated carbocycles. The highest BCUT2D eigenvalue weighted by molar-refractivity contribution is 7.16. The van der Waals surface area contributed by atoms with Gasteiger partial charge in [0.1, 0.15) is 11.1 Å². The van der Waals surface area contributed by atoms with Crippen LogP contribution in [0.3, 0.4) is 0 Å². The lowest BCUT2D eigenvalue weighted by Crippen LogP contribution is -2.33. The molecule has 122 valence electrons. The predicted molar refractivity (Wildman–Crippen MR) is 93.0 cm³/mol. The fourth-order valence-corrected chi connectivity index (χ4v) is 3.97. The van der Waals surface area contributed by atoms with Crippen molar-refractivity contribution >= 4 is 28.2 Å². The van der Waals surface area contributed by atoms with Crippen molar-refractivity contribution in [1.29, 1.82) is 5.26 Å². The summed E-state index contributed by atoms with van der Waals surface area (Å²) >= 11 is 1.39. The van der Waals surface area contributed by atoms with Crippen LogP contribution in [0.25, 0.3) is 0 Å². The zero-order valence-corrected chi connectivity index (χ0v) is 14.4. The second-order valence-corrected chi connectivity index (χ2v) is 6.94. The third-order valence-electron chi connectivity index (χ3n) is 4.15. The molecule has 0 spiro atoms. The van der Waals surface area contributed by atoms with Gasteiger partial charge in [0.2, 0.25) is 5.91 Å². The van der Waals surface area contributed by atoms with Crippen LogP contribution in [-0.2, 0) is 17.8 Å². The molecule has 2 heterocycles. The average Bonchev–Trinajstić information content (AvgIpc) is 2.91. The fourth-order valence-electron chi connectivity index (χ4n) is 2.76. The first-order valence-electron chi connectivity index (χ1n) is 7.67. The number of amides is 2. The monoisotopic (exact) mass is 339 g/mol. The number of benzene rings is 1. The molecule has 1 aromatic heterocycles. The second-order valence-electron chi connectivity index (χ2n) is 5.83. The Balaban J connectivity index is 1.87. The molecule has 1 aromatic carbocycles. The number of anilines is 1. The number of hydrogen-bond acceptors (Lipinski definition) is 4. The van der Waals surface area contributed by atoms with E-state index in [0.717, 1.165) is 16.0 Å². The van der Waals surface area contributed by atoms with Gasteiger partial charge in [0.25, 0.3) is 5.91 Å². The van der Waals surface area contributed by atoms with E-state index >= 15 is 0 Å². The quantitative estimate of drug-likeness (QED) is 0.914. The molecule has 5 nitrogen and oxygen atoms in total. The van der Waals surface area contributed by atoms with Gasteiger partial charge in [-0.3, -0.25) is 9.59 Å². The van der Waals surface area contributed by atoms with Crippen LogP contribution in [0.2, 0.25) is 0 Å². The molecule has 6 heteroatoms. The van der Waals surface area contributed by atoms with Crippen molar-refractivity contribution in [1.82, 2.24) is 4.90 Å². The molecule has 1 aliphatic heterocycles. The average molecular weight is 339 g/mol. The van der Waals surface area contributed by atoms with Gasteiger partial charge < -0.3 is 10.2 Å². The number of hydrogen-bond donors (Lipinski definition) is 1. The molecule has 1 aliphatic rings. The molecule has 0 atom stereocenters. The maximum Gasteiger partial charge on any atom is 0.256 e. The van der Waals surface area contributed by atoms with Crippen LogP contribution >= 0.6 is 11.3 Å². The second kappa shape index (κ2) is 6.46. The summed E-state index contributed by atoms with van der Waals surface area (Å²) in [7, 11) is 0. The molecule has 1 N–H and O–H groups in total. The van der Waals surface area contributed by atoms with Crippen LogP contribution < -0.4 is 5.32 Å². The number of aryl methyl sites for hydroxylation is 1. The molecule has 2 aromatic rings. The van der Waals surface area contributed by atoms with Crippen molar-refractivity contribution in [2.24, 2.45) is 0 Å². The maximum absolute atomic E-state index is 12.4. The van der Waals surface area contributed by atoms with Gasteiger partial charge in [-0.25, -0.2) is 0 Å². The Morgan fingerprint density at radius 3 is 2.62 bits per heavy atom. The van der Waals surface area contributed by atoms with Gasteiger partial charge in [0.05, 0.1) is 12.1 Å². The van der Waals surface area contributed by atoms with Crippen molar-refractivity contribution in [3.63, 3.8) is 0 Å². The number of rotatable bonds is 2. The zero-order valence-electron chi connectivity index (χ0n) is 13.5. The highest BCUT2D eigenvalue weighted by Crippen LogP contribution is 2.36. The Labute approximate surface area is 144 Å². The predicted octanol–water partition coefficient (Wildman–Crippen LogP) is 3.09. The number of nitrogens with one attached hydrogen (secondary N) is 1. The van der Waals surface area contributed by atoms with Crippen molar-refractivity contribution in [3.8, 4) is 6.07 Å². The summed E-state index contributed by atoms with van der Waals surface area (Å²) in [5, 5.41) is 12.9. The van der Waals surface area contributed by atoms with Crippen LogP contribution in [-0.4, -0.2) is 23.3 Å². The minimum atomic E-state index is -0.228. The molecular formula is C18H17N3O2S. The van der Waals surface area contributed by atoms with E-state index in [1.807, 2.05) is 19.1 Å². The van der Waals surface area contributed by atoms with Crippen molar-refractivity contribution < 1.29 is 9.59 Å². The molecule has 0 fully saturated rings. The highest BCUT2D eigenvalue weighted by atomic mass is 32.1. The molecule has 0 bridgehead atoms. The summed E-state index contributed by atoms with van der Waals surface area (Å²) in [5.41, 5.74) is 3.12. The zero-order chi connectivity index (χ0) is 17.3. The lowest BCUT2D eigenvalue weighted by Gasteiger charge is -2.25. The summed E-state index contributed by atoms with van der Waals surface area (Å²) in [6.45, 7) is 4.62. The van der Waals surface area contributed by atoms with E-state index in [9.17, 15) is 14.9 Å². The first-order valence-corrected chi connectivity index (χ1v) is 8.49. The topological polar surface area (TPSA) is 73.2 Å². The molecule has 2 amide bonds. The maximum atomic E-state index is 12.4. The lowest BCUT2D eigenvalue weighted by molar-refractivity contribution is -0.129. The van der Waals surface area contributed by atoms with Gasteiger partial charge in [-0.05, 0) is 31.0 Å². The molecule has 24 heavy (non-hydrogen) atoms. The van der Waals surface area contributed by atoms with Crippen LogP contribution in [0.15, 0.2) is 24.3 Å². The number of carbonyl (C=O) groups excluding carboxylic acids is 2. The SMILES string of the molecule is CC(=O)N1CCc2c(sc(NC(=O)c3ccc(C)cc3)c2C#N)C1. The van der Waals surface area contributed by atoms with Crippen LogP contribution in [0.4, 0.5) is 5.00 Å². The Hall–Kier alpha value is -2.65. The largest absolute Gasteiger partial charge is 0.337 e. The first-order chi connectivity index (χ1) is 11.5. The normalized spacial score (nSPS) is 13.1. The van der Waals surface area contributed by atoms with Crippen molar-refractivity contribution in [3.05, 3.63) is 51.4 Å². The van der Waals surface area contributed by atoms with Crippen LogP contribution in [0.5, 0.6) is 0 Å². The number of thiophene rings is 1. The Bertz CT molecular complexity index is 846. The summed E-state index contributed by atoms with van der Waals surface area (Å²) < 4.78 is 0. The van der Waals surface area contributed by atoms with Crippen LogP contribution in [0, 0.1) is 18.3 Å². The minimum absolute atomic E-state index is 0.0257. The van der Waals surface area contributed by atoms with Gasteiger partial charge in [-0.1, -0.05) is 17.7 Å². The smallest absolute Gasteiger partial charge is 0.256 e. The van der Waals surface area contributed by atoms with E-state index in [1.165, 1.54) is 11.3 Å². The molecular weight excluding hydrogens is 322 g/mol. The Morgan fingerprint density at radius 2 is 2.00 bits per heavy atom.